The molecule has 2 amide bonds. The van der Waals surface area contributed by atoms with Crippen molar-refractivity contribution in [3.05, 3.63) is 24.3 Å². The van der Waals surface area contributed by atoms with Gasteiger partial charge in [0.2, 0.25) is 10.0 Å². The maximum absolute atomic E-state index is 12.4. The molecule has 1 heterocycles. The summed E-state index contributed by atoms with van der Waals surface area (Å²) in [6.45, 7) is 1.48. The van der Waals surface area contributed by atoms with Crippen LogP contribution in [0.4, 0.5) is 10.5 Å². The average Bonchev–Trinajstić information content (AvgIpc) is 2.48. The van der Waals surface area contributed by atoms with Crippen LogP contribution in [0.5, 0.6) is 0 Å². The molecule has 20 heavy (non-hydrogen) atoms. The topological polar surface area (TPSA) is 87.7 Å². The number of urea groups is 1. The zero-order valence-corrected chi connectivity index (χ0v) is 11.9. The van der Waals surface area contributed by atoms with Gasteiger partial charge in [-0.05, 0) is 18.2 Å². The van der Waals surface area contributed by atoms with Crippen molar-refractivity contribution < 1.29 is 17.9 Å². The highest BCUT2D eigenvalue weighted by atomic mass is 32.2. The van der Waals surface area contributed by atoms with Gasteiger partial charge in [-0.2, -0.15) is 4.31 Å². The number of sulfonamides is 1. The Hall–Kier alpha value is -1.64. The molecule has 0 aromatic heterocycles. The Morgan fingerprint density at radius 1 is 1.30 bits per heavy atom. The Kier molecular flexibility index (Phi) is 4.58. The van der Waals surface area contributed by atoms with E-state index >= 15 is 0 Å². The average molecular weight is 299 g/mol. The highest BCUT2D eigenvalue weighted by Gasteiger charge is 2.26. The molecule has 8 heteroatoms. The summed E-state index contributed by atoms with van der Waals surface area (Å²) in [5, 5.41) is 4.96. The third-order valence-corrected chi connectivity index (χ3v) is 4.82. The van der Waals surface area contributed by atoms with E-state index in [4.69, 9.17) is 4.74 Å². The number of hydrogen-bond donors (Lipinski definition) is 2. The van der Waals surface area contributed by atoms with Gasteiger partial charge in [-0.15, -0.1) is 0 Å². The second-order valence-electron chi connectivity index (χ2n) is 4.25. The Morgan fingerprint density at radius 2 is 2.00 bits per heavy atom. The zero-order valence-electron chi connectivity index (χ0n) is 11.1. The molecule has 1 aliphatic rings. The summed E-state index contributed by atoms with van der Waals surface area (Å²) in [6, 6.07) is 5.79. The molecular formula is C12H17N3O4S. The first-order valence-electron chi connectivity index (χ1n) is 6.21. The minimum Gasteiger partial charge on any atom is -0.379 e. The van der Waals surface area contributed by atoms with Crippen LogP contribution in [0.2, 0.25) is 0 Å². The first-order valence-corrected chi connectivity index (χ1v) is 7.65. The van der Waals surface area contributed by atoms with E-state index in [2.05, 4.69) is 10.6 Å². The maximum Gasteiger partial charge on any atom is 0.318 e. The number of morpholine rings is 1. The molecule has 0 radical (unpaired) electrons. The van der Waals surface area contributed by atoms with Crippen LogP contribution in [-0.4, -0.2) is 52.1 Å². The molecule has 1 aliphatic heterocycles. The minimum absolute atomic E-state index is 0.160. The number of benzene rings is 1. The lowest BCUT2D eigenvalue weighted by Crippen LogP contribution is -2.40. The predicted molar refractivity (Wildman–Crippen MR) is 74.1 cm³/mol. The smallest absolute Gasteiger partial charge is 0.318 e. The van der Waals surface area contributed by atoms with Crippen LogP contribution in [0.1, 0.15) is 0 Å². The lowest BCUT2D eigenvalue weighted by Gasteiger charge is -2.26. The van der Waals surface area contributed by atoms with Crippen LogP contribution in [0.25, 0.3) is 0 Å². The third kappa shape index (κ3) is 3.27. The van der Waals surface area contributed by atoms with Crippen molar-refractivity contribution in [3.63, 3.8) is 0 Å². The number of nitrogens with one attached hydrogen (secondary N) is 2. The molecule has 7 nitrogen and oxygen atoms in total. The summed E-state index contributed by atoms with van der Waals surface area (Å²) in [5.41, 5.74) is 0.429. The number of carbonyl (C=O) groups excluding carboxylic acids is 1. The summed E-state index contributed by atoms with van der Waals surface area (Å²) < 4.78 is 31.4. The molecule has 0 unspecified atom stereocenters. The third-order valence-electron chi connectivity index (χ3n) is 2.93. The molecule has 2 rings (SSSR count). The number of carbonyl (C=O) groups is 1. The van der Waals surface area contributed by atoms with Gasteiger partial charge in [-0.1, -0.05) is 6.07 Å². The highest BCUT2D eigenvalue weighted by molar-refractivity contribution is 7.89. The van der Waals surface area contributed by atoms with Crippen molar-refractivity contribution in [2.75, 3.05) is 38.7 Å². The summed E-state index contributed by atoms with van der Waals surface area (Å²) in [5.74, 6) is 0. The van der Waals surface area contributed by atoms with Crippen molar-refractivity contribution >= 4 is 21.7 Å². The largest absolute Gasteiger partial charge is 0.379 e. The summed E-state index contributed by atoms with van der Waals surface area (Å²) in [7, 11) is -2.06. The van der Waals surface area contributed by atoms with Gasteiger partial charge < -0.3 is 15.4 Å². The number of ether oxygens (including phenoxy) is 1. The molecule has 0 saturated carbocycles. The molecule has 0 aliphatic carbocycles. The fourth-order valence-corrected chi connectivity index (χ4v) is 3.32. The second kappa shape index (κ2) is 6.21. The van der Waals surface area contributed by atoms with Gasteiger partial charge in [-0.3, -0.25) is 0 Å². The lowest BCUT2D eigenvalue weighted by atomic mass is 10.3. The van der Waals surface area contributed by atoms with Crippen molar-refractivity contribution in [3.8, 4) is 0 Å². The van der Waals surface area contributed by atoms with E-state index in [-0.39, 0.29) is 4.90 Å². The van der Waals surface area contributed by atoms with E-state index < -0.39 is 16.1 Å². The highest BCUT2D eigenvalue weighted by Crippen LogP contribution is 2.20. The van der Waals surface area contributed by atoms with Crippen LogP contribution in [-0.2, 0) is 14.8 Å². The Morgan fingerprint density at radius 3 is 2.65 bits per heavy atom. The van der Waals surface area contributed by atoms with E-state index in [1.807, 2.05) is 0 Å². The lowest BCUT2D eigenvalue weighted by molar-refractivity contribution is 0.0730. The van der Waals surface area contributed by atoms with Gasteiger partial charge in [0.25, 0.3) is 0 Å². The van der Waals surface area contributed by atoms with Gasteiger partial charge in [0.05, 0.1) is 18.1 Å². The Balaban J connectivity index is 2.23. The molecule has 1 saturated heterocycles. The van der Waals surface area contributed by atoms with Crippen LogP contribution in [0, 0.1) is 0 Å². The van der Waals surface area contributed by atoms with E-state index in [0.29, 0.717) is 32.0 Å². The molecule has 2 N–H and O–H groups in total. The van der Waals surface area contributed by atoms with Gasteiger partial charge in [0.15, 0.2) is 0 Å². The summed E-state index contributed by atoms with van der Waals surface area (Å²) in [4.78, 5) is 11.4. The normalized spacial score (nSPS) is 16.6. The summed E-state index contributed by atoms with van der Waals surface area (Å²) in [6.07, 6.45) is 0. The molecule has 0 atom stereocenters. The van der Waals surface area contributed by atoms with E-state index in [1.165, 1.54) is 23.5 Å². The van der Waals surface area contributed by atoms with E-state index in [1.54, 1.807) is 12.1 Å². The fraction of sp³-hybridized carbons (Fsp3) is 0.417. The summed E-state index contributed by atoms with van der Waals surface area (Å²) >= 11 is 0. The van der Waals surface area contributed by atoms with Crippen molar-refractivity contribution in [1.29, 1.82) is 0 Å². The van der Waals surface area contributed by atoms with E-state index in [9.17, 15) is 13.2 Å². The fourth-order valence-electron chi connectivity index (χ4n) is 1.86. The Labute approximate surface area is 118 Å². The van der Waals surface area contributed by atoms with Gasteiger partial charge in [0.1, 0.15) is 0 Å². The first-order chi connectivity index (χ1) is 9.54. The quantitative estimate of drug-likeness (QED) is 0.848. The standard InChI is InChI=1S/C12H17N3O4S/c1-13-12(16)14-10-3-2-4-11(9-10)20(17,18)15-5-7-19-8-6-15/h2-4,9H,5-8H2,1H3,(H2,13,14,16). The van der Waals surface area contributed by atoms with Gasteiger partial charge in [-0.25, -0.2) is 13.2 Å². The molecule has 1 aromatic rings. The number of rotatable bonds is 3. The SMILES string of the molecule is CNC(=O)Nc1cccc(S(=O)(=O)N2CCOCC2)c1. The maximum atomic E-state index is 12.4. The second-order valence-corrected chi connectivity index (χ2v) is 6.19. The van der Waals surface area contributed by atoms with Crippen molar-refractivity contribution in [2.24, 2.45) is 0 Å². The number of anilines is 1. The molecule has 110 valence electrons. The van der Waals surface area contributed by atoms with Crippen molar-refractivity contribution in [2.45, 2.75) is 4.90 Å². The van der Waals surface area contributed by atoms with Crippen LogP contribution in [0.3, 0.4) is 0 Å². The molecule has 0 spiro atoms. The first kappa shape index (κ1) is 14.8. The van der Waals surface area contributed by atoms with Gasteiger partial charge in [0, 0.05) is 25.8 Å². The monoisotopic (exact) mass is 299 g/mol. The van der Waals surface area contributed by atoms with Crippen LogP contribution in [0.15, 0.2) is 29.2 Å². The van der Waals surface area contributed by atoms with Gasteiger partial charge >= 0.3 is 6.03 Å². The Bertz CT molecular complexity index is 582. The molecule has 0 bridgehead atoms. The minimum atomic E-state index is -3.55. The number of hydrogen-bond acceptors (Lipinski definition) is 4. The predicted octanol–water partition coefficient (Wildman–Crippen LogP) is 0.459. The van der Waals surface area contributed by atoms with Crippen LogP contribution >= 0.6 is 0 Å². The van der Waals surface area contributed by atoms with Crippen LogP contribution < -0.4 is 10.6 Å². The van der Waals surface area contributed by atoms with Crippen molar-refractivity contribution in [1.82, 2.24) is 9.62 Å². The number of amides is 2. The molecular weight excluding hydrogens is 282 g/mol. The zero-order chi connectivity index (χ0) is 14.6. The molecule has 1 fully saturated rings. The van der Waals surface area contributed by atoms with E-state index in [0.717, 1.165) is 0 Å². The molecule has 1 aromatic carbocycles. The number of nitrogens with zero attached hydrogens (tertiary/aromatic N) is 1.